The molecule has 1 aromatic heterocycles. The van der Waals surface area contributed by atoms with Gasteiger partial charge in [0.15, 0.2) is 0 Å². The number of nitrogens with zero attached hydrogens (tertiary/aromatic N) is 3. The van der Waals surface area contributed by atoms with Gasteiger partial charge in [-0.15, -0.1) is 0 Å². The van der Waals surface area contributed by atoms with Gasteiger partial charge in [0.25, 0.3) is 0 Å². The maximum Gasteiger partial charge on any atom is 0.250 e. The van der Waals surface area contributed by atoms with Crippen LogP contribution in [0.1, 0.15) is 45.9 Å². The van der Waals surface area contributed by atoms with Crippen LogP contribution < -0.4 is 10.5 Å². The fraction of sp³-hybridized carbons (Fsp3) is 0.500. The Bertz CT molecular complexity index is 1030. The zero-order valence-electron chi connectivity index (χ0n) is 21.1. The highest BCUT2D eigenvalue weighted by Gasteiger charge is 2.26. The zero-order valence-corrected chi connectivity index (χ0v) is 15.1. The molecule has 4 rings (SSSR count). The largest absolute Gasteiger partial charge is 0.338 e. The highest BCUT2D eigenvalue weighted by atomic mass is 16.1. The van der Waals surface area contributed by atoms with Crippen LogP contribution in [-0.2, 0) is 20.0 Å². The van der Waals surface area contributed by atoms with Crippen LogP contribution in [0, 0.1) is 5.92 Å². The zero-order chi connectivity index (χ0) is 23.3. The maximum absolute atomic E-state index is 11.9. The molecule has 138 valence electrons. The summed E-state index contributed by atoms with van der Waals surface area (Å²) in [6.45, 7) is -2.70. The van der Waals surface area contributed by atoms with Crippen molar-refractivity contribution in [2.75, 3.05) is 18.0 Å². The van der Waals surface area contributed by atoms with E-state index in [4.69, 9.17) is 8.22 Å². The van der Waals surface area contributed by atoms with Crippen molar-refractivity contribution in [3.05, 3.63) is 58.0 Å². The lowest BCUT2D eigenvalue weighted by atomic mass is 9.98. The summed E-state index contributed by atoms with van der Waals surface area (Å²) in [7, 11) is 1.56. The molecule has 2 aliphatic rings. The van der Waals surface area contributed by atoms with Crippen LogP contribution in [0.5, 0.6) is 0 Å². The lowest BCUT2D eigenvalue weighted by molar-refractivity contribution is 0.244. The minimum Gasteiger partial charge on any atom is -0.338 e. The van der Waals surface area contributed by atoms with Crippen LogP contribution in [0.25, 0.3) is 0 Å². The Labute approximate surface area is 164 Å². The molecule has 0 amide bonds. The first-order chi connectivity index (χ1) is 14.9. The Hall–Kier alpha value is -2.07. The lowest BCUT2D eigenvalue weighted by Crippen LogP contribution is -2.33. The number of benzene rings is 1. The molecule has 0 spiro atoms. The summed E-state index contributed by atoms with van der Waals surface area (Å²) in [6.07, 6.45) is 4.97. The Balaban J connectivity index is 1.79. The fourth-order valence-electron chi connectivity index (χ4n) is 3.74. The summed E-state index contributed by atoms with van der Waals surface area (Å²) in [5.41, 5.74) is 2.91. The highest BCUT2D eigenvalue weighted by molar-refractivity contribution is 5.64. The molecule has 4 nitrogen and oxygen atoms in total. The summed E-state index contributed by atoms with van der Waals surface area (Å²) < 4.78 is 49.5. The molecule has 1 aliphatic heterocycles. The van der Waals surface area contributed by atoms with Crippen molar-refractivity contribution in [3.63, 3.8) is 0 Å². The summed E-state index contributed by atoms with van der Waals surface area (Å²) >= 11 is 0. The van der Waals surface area contributed by atoms with Crippen molar-refractivity contribution < 1.29 is 8.22 Å². The molecule has 0 atom stereocenters. The maximum atomic E-state index is 11.9. The third-order valence-electron chi connectivity index (χ3n) is 5.38. The number of rotatable bonds is 5. The molecule has 0 N–H and O–H groups in total. The van der Waals surface area contributed by atoms with Crippen LogP contribution in [-0.4, -0.2) is 28.6 Å². The van der Waals surface area contributed by atoms with Gasteiger partial charge in [0.05, 0.1) is 5.69 Å². The first-order valence-corrected chi connectivity index (χ1v) is 9.23. The average Bonchev–Trinajstić information content (AvgIpc) is 3.50. The van der Waals surface area contributed by atoms with E-state index in [2.05, 4.69) is 4.90 Å². The van der Waals surface area contributed by atoms with Gasteiger partial charge >= 0.3 is 0 Å². The van der Waals surface area contributed by atoms with E-state index in [1.54, 1.807) is 13.1 Å². The molecule has 0 saturated heterocycles. The van der Waals surface area contributed by atoms with E-state index < -0.39 is 19.7 Å². The number of hydrogen-bond donors (Lipinski definition) is 0. The summed E-state index contributed by atoms with van der Waals surface area (Å²) in [5, 5.41) is 0. The van der Waals surface area contributed by atoms with Gasteiger partial charge in [0, 0.05) is 58.9 Å². The molecule has 4 heteroatoms. The van der Waals surface area contributed by atoms with E-state index in [0.29, 0.717) is 11.4 Å². The molecule has 0 bridgehead atoms. The van der Waals surface area contributed by atoms with Crippen molar-refractivity contribution in [2.24, 2.45) is 13.0 Å². The van der Waals surface area contributed by atoms with Gasteiger partial charge in [-0.2, -0.15) is 0 Å². The number of pyridine rings is 1. The third kappa shape index (κ3) is 3.56. The van der Waals surface area contributed by atoms with Gasteiger partial charge in [-0.25, -0.2) is 0 Å². The normalized spacial score (nSPS) is 21.8. The van der Waals surface area contributed by atoms with Crippen molar-refractivity contribution in [3.8, 4) is 0 Å². The summed E-state index contributed by atoms with van der Waals surface area (Å²) in [5.74, 6) is 0.775. The molecule has 1 saturated carbocycles. The molecule has 0 unspecified atom stereocenters. The van der Waals surface area contributed by atoms with Crippen molar-refractivity contribution in [1.29, 1.82) is 0 Å². The number of hydrogen-bond acceptors (Lipinski definition) is 3. The van der Waals surface area contributed by atoms with Crippen molar-refractivity contribution in [1.82, 2.24) is 9.47 Å². The molecule has 1 fully saturated rings. The van der Waals surface area contributed by atoms with Gasteiger partial charge in [-0.1, -0.05) is 6.07 Å². The molecule has 1 aliphatic carbocycles. The fourth-order valence-corrected chi connectivity index (χ4v) is 3.74. The number of aromatic nitrogens is 1. The van der Waals surface area contributed by atoms with Crippen LogP contribution in [0.4, 0.5) is 11.4 Å². The second-order valence-electron chi connectivity index (χ2n) is 7.49. The first kappa shape index (κ1) is 11.6. The van der Waals surface area contributed by atoms with Crippen LogP contribution in [0.2, 0.25) is 0 Å². The molecular weight excluding hydrogens is 322 g/mol. The number of aryl methyl sites for hydroxylation is 1. The molecule has 26 heavy (non-hydrogen) atoms. The summed E-state index contributed by atoms with van der Waals surface area (Å²) in [6, 6.07) is 6.76. The smallest absolute Gasteiger partial charge is 0.250 e. The molecule has 0 radical (unpaired) electrons. The first-order valence-electron chi connectivity index (χ1n) is 12.2. The standard InChI is InChI=1S/C22H29N3O/c1-16(2)25(21-8-9-22(26)23(3)15-21)20-7-6-18-10-11-24(13-17-4-5-17)14-19(18)12-20/h6-9,12,15-17H,4-5,10-11,13-14H2,1-3H3/i1D3,2D3. The Morgan fingerprint density at radius 2 is 2.00 bits per heavy atom. The minimum atomic E-state index is -2.77. The topological polar surface area (TPSA) is 28.5 Å². The van der Waals surface area contributed by atoms with Crippen molar-refractivity contribution in [2.45, 2.75) is 45.6 Å². The number of fused-ring (bicyclic) bond motifs is 1. The second kappa shape index (κ2) is 6.92. The van der Waals surface area contributed by atoms with E-state index in [1.807, 2.05) is 12.1 Å². The van der Waals surface area contributed by atoms with E-state index >= 15 is 0 Å². The third-order valence-corrected chi connectivity index (χ3v) is 5.38. The molecule has 2 aromatic rings. The Morgan fingerprint density at radius 3 is 2.73 bits per heavy atom. The summed E-state index contributed by atoms with van der Waals surface area (Å²) in [4.78, 5) is 15.7. The monoisotopic (exact) mass is 357 g/mol. The van der Waals surface area contributed by atoms with Gasteiger partial charge in [0.2, 0.25) is 5.56 Å². The second-order valence-corrected chi connectivity index (χ2v) is 7.49. The van der Waals surface area contributed by atoms with Gasteiger partial charge in [0.1, 0.15) is 0 Å². The number of anilines is 2. The predicted molar refractivity (Wildman–Crippen MR) is 107 cm³/mol. The van der Waals surface area contributed by atoms with Gasteiger partial charge in [-0.05, 0) is 68.2 Å². The van der Waals surface area contributed by atoms with Crippen LogP contribution >= 0.6 is 0 Å². The van der Waals surface area contributed by atoms with Crippen molar-refractivity contribution >= 4 is 11.4 Å². The van der Waals surface area contributed by atoms with Gasteiger partial charge < -0.3 is 9.47 Å². The van der Waals surface area contributed by atoms with E-state index in [9.17, 15) is 4.79 Å². The molecule has 2 heterocycles. The molecular formula is C22H29N3O. The van der Waals surface area contributed by atoms with Crippen LogP contribution in [0.3, 0.4) is 0 Å². The predicted octanol–water partition coefficient (Wildman–Crippen LogP) is 3.70. The van der Waals surface area contributed by atoms with E-state index in [0.717, 1.165) is 37.5 Å². The van der Waals surface area contributed by atoms with Crippen LogP contribution in [0.15, 0.2) is 41.3 Å². The lowest BCUT2D eigenvalue weighted by Gasteiger charge is -2.33. The average molecular weight is 358 g/mol. The van der Waals surface area contributed by atoms with E-state index in [1.165, 1.54) is 46.2 Å². The molecule has 1 aromatic carbocycles. The SMILES string of the molecule is [2H]C([2H])([2H])C(N(c1ccc2c(c1)CN(CC1CC1)CC2)c1ccc(=O)n(C)c1)C([2H])([2H])[2H]. The highest BCUT2D eigenvalue weighted by Crippen LogP contribution is 2.34. The quantitative estimate of drug-likeness (QED) is 0.817. The Morgan fingerprint density at radius 1 is 1.19 bits per heavy atom. The van der Waals surface area contributed by atoms with E-state index in [-0.39, 0.29) is 5.56 Å². The minimum absolute atomic E-state index is 0.255. The van der Waals surface area contributed by atoms with Gasteiger partial charge in [-0.3, -0.25) is 9.69 Å². The Kier molecular flexibility index (Phi) is 3.09.